The van der Waals surface area contributed by atoms with Gasteiger partial charge in [0.15, 0.2) is 0 Å². The van der Waals surface area contributed by atoms with Gasteiger partial charge in [-0.25, -0.2) is 0 Å². The van der Waals surface area contributed by atoms with Crippen LogP contribution in [0.4, 0.5) is 5.69 Å². The van der Waals surface area contributed by atoms with E-state index in [0.717, 1.165) is 38.9 Å². The normalized spacial score (nSPS) is 23.2. The smallest absolute Gasteiger partial charge is 0.237 e. The van der Waals surface area contributed by atoms with Crippen molar-refractivity contribution in [1.29, 1.82) is 0 Å². The van der Waals surface area contributed by atoms with Gasteiger partial charge in [0.25, 0.3) is 0 Å². The standard InChI is InChI=1S/C16H23N3O/c1-12-3-2-4-14(11-12)19-9-6-13(7-10-19)18-16(20)15-5-8-17-15/h2-4,11,13,15,17H,5-10H2,1H3,(H,18,20)/t15-/m0/s1. The molecule has 0 bridgehead atoms. The average Bonchev–Trinajstić information content (AvgIpc) is 2.37. The summed E-state index contributed by atoms with van der Waals surface area (Å²) in [6.07, 6.45) is 3.05. The molecule has 4 nitrogen and oxygen atoms in total. The van der Waals surface area contributed by atoms with Crippen molar-refractivity contribution in [2.45, 2.75) is 38.3 Å². The van der Waals surface area contributed by atoms with Gasteiger partial charge in [-0.3, -0.25) is 4.79 Å². The van der Waals surface area contributed by atoms with Crippen LogP contribution in [0.25, 0.3) is 0 Å². The molecule has 3 rings (SSSR count). The summed E-state index contributed by atoms with van der Waals surface area (Å²) in [6, 6.07) is 9.04. The second kappa shape index (κ2) is 5.83. The van der Waals surface area contributed by atoms with E-state index in [2.05, 4.69) is 46.7 Å². The maximum Gasteiger partial charge on any atom is 0.237 e. The summed E-state index contributed by atoms with van der Waals surface area (Å²) in [4.78, 5) is 14.3. The average molecular weight is 273 g/mol. The van der Waals surface area contributed by atoms with Crippen molar-refractivity contribution >= 4 is 11.6 Å². The van der Waals surface area contributed by atoms with Crippen LogP contribution >= 0.6 is 0 Å². The lowest BCUT2D eigenvalue weighted by atomic mass is 10.0. The van der Waals surface area contributed by atoms with E-state index in [9.17, 15) is 4.79 Å². The minimum absolute atomic E-state index is 0.0600. The van der Waals surface area contributed by atoms with Crippen molar-refractivity contribution in [1.82, 2.24) is 10.6 Å². The lowest BCUT2D eigenvalue weighted by Crippen LogP contribution is -2.56. The fourth-order valence-corrected chi connectivity index (χ4v) is 2.92. The van der Waals surface area contributed by atoms with E-state index in [4.69, 9.17) is 0 Å². The van der Waals surface area contributed by atoms with E-state index >= 15 is 0 Å². The molecule has 2 aliphatic rings. The summed E-state index contributed by atoms with van der Waals surface area (Å²) in [7, 11) is 0. The second-order valence-corrected chi connectivity index (χ2v) is 5.90. The van der Waals surface area contributed by atoms with Crippen LogP contribution in [-0.2, 0) is 4.79 Å². The first kappa shape index (κ1) is 13.4. The molecule has 4 heteroatoms. The molecule has 2 heterocycles. The van der Waals surface area contributed by atoms with Gasteiger partial charge in [-0.05, 0) is 50.4 Å². The number of piperidine rings is 1. The highest BCUT2D eigenvalue weighted by atomic mass is 16.2. The molecule has 2 saturated heterocycles. The first-order valence-electron chi connectivity index (χ1n) is 7.58. The number of hydrogen-bond acceptors (Lipinski definition) is 3. The monoisotopic (exact) mass is 273 g/mol. The molecule has 1 amide bonds. The highest BCUT2D eigenvalue weighted by Gasteiger charge is 2.27. The zero-order valence-corrected chi connectivity index (χ0v) is 12.1. The highest BCUT2D eigenvalue weighted by molar-refractivity contribution is 5.82. The van der Waals surface area contributed by atoms with Crippen LogP contribution in [0, 0.1) is 6.92 Å². The third kappa shape index (κ3) is 2.96. The van der Waals surface area contributed by atoms with E-state index in [1.807, 2.05) is 0 Å². The van der Waals surface area contributed by atoms with Crippen molar-refractivity contribution < 1.29 is 4.79 Å². The molecule has 0 saturated carbocycles. The van der Waals surface area contributed by atoms with E-state index in [1.54, 1.807) is 0 Å². The van der Waals surface area contributed by atoms with E-state index in [0.29, 0.717) is 6.04 Å². The fourth-order valence-electron chi connectivity index (χ4n) is 2.92. The van der Waals surface area contributed by atoms with Gasteiger partial charge in [0.2, 0.25) is 5.91 Å². The topological polar surface area (TPSA) is 44.4 Å². The highest BCUT2D eigenvalue weighted by Crippen LogP contribution is 2.21. The molecule has 20 heavy (non-hydrogen) atoms. The molecule has 0 unspecified atom stereocenters. The Labute approximate surface area is 120 Å². The molecule has 0 radical (unpaired) electrons. The Morgan fingerprint density at radius 2 is 2.05 bits per heavy atom. The van der Waals surface area contributed by atoms with Gasteiger partial charge < -0.3 is 15.5 Å². The molecule has 2 aliphatic heterocycles. The molecule has 2 fully saturated rings. The number of amides is 1. The van der Waals surface area contributed by atoms with Crippen molar-refractivity contribution in [3.05, 3.63) is 29.8 Å². The Morgan fingerprint density at radius 3 is 2.65 bits per heavy atom. The summed E-state index contributed by atoms with van der Waals surface area (Å²) in [5, 5.41) is 6.33. The van der Waals surface area contributed by atoms with Gasteiger partial charge in [0.1, 0.15) is 0 Å². The Kier molecular flexibility index (Phi) is 3.92. The van der Waals surface area contributed by atoms with E-state index in [1.165, 1.54) is 11.3 Å². The zero-order valence-electron chi connectivity index (χ0n) is 12.1. The van der Waals surface area contributed by atoms with Crippen molar-refractivity contribution in [2.75, 3.05) is 24.5 Å². The quantitative estimate of drug-likeness (QED) is 0.876. The van der Waals surface area contributed by atoms with Gasteiger partial charge in [-0.2, -0.15) is 0 Å². The molecule has 1 aromatic rings. The van der Waals surface area contributed by atoms with Crippen LogP contribution < -0.4 is 15.5 Å². The first-order valence-corrected chi connectivity index (χ1v) is 7.58. The first-order chi connectivity index (χ1) is 9.72. The predicted molar refractivity (Wildman–Crippen MR) is 81.0 cm³/mol. The van der Waals surface area contributed by atoms with Crippen molar-refractivity contribution in [3.8, 4) is 0 Å². The molecule has 1 atom stereocenters. The SMILES string of the molecule is Cc1cccc(N2CCC(NC(=O)[C@@H]3CCN3)CC2)c1. The Hall–Kier alpha value is -1.55. The van der Waals surface area contributed by atoms with Crippen molar-refractivity contribution in [3.63, 3.8) is 0 Å². The number of aryl methyl sites for hydroxylation is 1. The van der Waals surface area contributed by atoms with Crippen molar-refractivity contribution in [2.24, 2.45) is 0 Å². The molecular weight excluding hydrogens is 250 g/mol. The summed E-state index contributed by atoms with van der Waals surface area (Å²) in [5.74, 6) is 0.185. The Balaban J connectivity index is 1.50. The summed E-state index contributed by atoms with van der Waals surface area (Å²) < 4.78 is 0. The second-order valence-electron chi connectivity index (χ2n) is 5.90. The van der Waals surface area contributed by atoms with Crippen LogP contribution in [0.3, 0.4) is 0 Å². The Bertz CT molecular complexity index is 476. The number of carbonyl (C=O) groups is 1. The molecule has 1 aromatic carbocycles. The maximum absolute atomic E-state index is 11.9. The van der Waals surface area contributed by atoms with Crippen LogP contribution in [0.5, 0.6) is 0 Å². The number of anilines is 1. The number of carbonyl (C=O) groups excluding carboxylic acids is 1. The third-order valence-electron chi connectivity index (χ3n) is 4.35. The lowest BCUT2D eigenvalue weighted by Gasteiger charge is -2.35. The predicted octanol–water partition coefficient (Wildman–Crippen LogP) is 1.44. The summed E-state index contributed by atoms with van der Waals surface area (Å²) in [6.45, 7) is 5.14. The number of nitrogens with one attached hydrogen (secondary N) is 2. The maximum atomic E-state index is 11.9. The van der Waals surface area contributed by atoms with Crippen LogP contribution in [0.1, 0.15) is 24.8 Å². The van der Waals surface area contributed by atoms with Gasteiger partial charge in [0, 0.05) is 24.8 Å². The molecule has 2 N–H and O–H groups in total. The number of benzene rings is 1. The minimum atomic E-state index is 0.0600. The Morgan fingerprint density at radius 1 is 1.30 bits per heavy atom. The van der Waals surface area contributed by atoms with Crippen LogP contribution in [0.2, 0.25) is 0 Å². The van der Waals surface area contributed by atoms with Gasteiger partial charge in [0.05, 0.1) is 6.04 Å². The fraction of sp³-hybridized carbons (Fsp3) is 0.562. The van der Waals surface area contributed by atoms with Crippen LogP contribution in [-0.4, -0.2) is 37.6 Å². The third-order valence-corrected chi connectivity index (χ3v) is 4.35. The van der Waals surface area contributed by atoms with E-state index in [-0.39, 0.29) is 11.9 Å². The molecule has 108 valence electrons. The largest absolute Gasteiger partial charge is 0.371 e. The van der Waals surface area contributed by atoms with E-state index < -0.39 is 0 Å². The zero-order chi connectivity index (χ0) is 13.9. The molecular formula is C16H23N3O. The summed E-state index contributed by atoms with van der Waals surface area (Å²) >= 11 is 0. The minimum Gasteiger partial charge on any atom is -0.371 e. The number of rotatable bonds is 3. The number of hydrogen-bond donors (Lipinski definition) is 2. The number of nitrogens with zero attached hydrogens (tertiary/aromatic N) is 1. The van der Waals surface area contributed by atoms with Crippen LogP contribution in [0.15, 0.2) is 24.3 Å². The molecule has 0 aromatic heterocycles. The molecule has 0 spiro atoms. The van der Waals surface area contributed by atoms with Gasteiger partial charge >= 0.3 is 0 Å². The van der Waals surface area contributed by atoms with Gasteiger partial charge in [-0.1, -0.05) is 12.1 Å². The summed E-state index contributed by atoms with van der Waals surface area (Å²) in [5.41, 5.74) is 2.60. The lowest BCUT2D eigenvalue weighted by molar-refractivity contribution is -0.125. The molecule has 0 aliphatic carbocycles. The van der Waals surface area contributed by atoms with Gasteiger partial charge in [-0.15, -0.1) is 0 Å².